The highest BCUT2D eigenvalue weighted by atomic mass is 16.3. The van der Waals surface area contributed by atoms with Crippen molar-refractivity contribution >= 4 is 87.5 Å². The first-order chi connectivity index (χ1) is 31.7. The summed E-state index contributed by atoms with van der Waals surface area (Å²) in [6.45, 7) is 0. The van der Waals surface area contributed by atoms with Crippen molar-refractivity contribution in [2.45, 2.75) is 0 Å². The van der Waals surface area contributed by atoms with E-state index in [-0.39, 0.29) is 0 Å². The van der Waals surface area contributed by atoms with Gasteiger partial charge in [-0.2, -0.15) is 0 Å². The Labute approximate surface area is 367 Å². The summed E-state index contributed by atoms with van der Waals surface area (Å²) < 4.78 is 17.4. The number of aromatic nitrogens is 2. The molecule has 4 nitrogen and oxygen atoms in total. The molecule has 0 fully saturated rings. The SMILES string of the molecule is c1ccc(-n2c3ccccc3c3cc(-c4ccc5oc6ccc(-n7c8ccccc8c8cc(-c9ccccc9-c9ccc%10oc%11ccccc%11c%10c9)ccc87)cc6c5c4)ccc32)cc1. The van der Waals surface area contributed by atoms with Gasteiger partial charge in [-0.3, -0.25) is 0 Å². The summed E-state index contributed by atoms with van der Waals surface area (Å²) in [5.74, 6) is 0. The van der Waals surface area contributed by atoms with Crippen LogP contribution in [0.4, 0.5) is 0 Å². The lowest BCUT2D eigenvalue weighted by atomic mass is 9.93. The summed E-state index contributed by atoms with van der Waals surface area (Å²) in [5, 5.41) is 9.36. The Kier molecular flexibility index (Phi) is 7.36. The molecule has 14 rings (SSSR count). The van der Waals surface area contributed by atoms with Crippen LogP contribution in [0.3, 0.4) is 0 Å². The lowest BCUT2D eigenvalue weighted by Gasteiger charge is -2.12. The van der Waals surface area contributed by atoms with E-state index < -0.39 is 0 Å². The average Bonchev–Trinajstić information content (AvgIpc) is 4.11. The molecule has 10 aromatic carbocycles. The fraction of sp³-hybridized carbons (Fsp3) is 0. The lowest BCUT2D eigenvalue weighted by Crippen LogP contribution is -1.93. The minimum Gasteiger partial charge on any atom is -0.456 e. The van der Waals surface area contributed by atoms with Crippen molar-refractivity contribution in [3.63, 3.8) is 0 Å². The molecule has 0 aliphatic rings. The van der Waals surface area contributed by atoms with Gasteiger partial charge < -0.3 is 18.0 Å². The summed E-state index contributed by atoms with van der Waals surface area (Å²) in [4.78, 5) is 0. The predicted molar refractivity (Wildman–Crippen MR) is 266 cm³/mol. The number of benzene rings is 10. The van der Waals surface area contributed by atoms with Crippen molar-refractivity contribution < 1.29 is 8.83 Å². The van der Waals surface area contributed by atoms with Crippen molar-refractivity contribution in [3.05, 3.63) is 218 Å². The molecule has 0 atom stereocenters. The van der Waals surface area contributed by atoms with E-state index in [2.05, 4.69) is 215 Å². The largest absolute Gasteiger partial charge is 0.456 e. The van der Waals surface area contributed by atoms with Crippen molar-refractivity contribution in [1.82, 2.24) is 9.13 Å². The van der Waals surface area contributed by atoms with Gasteiger partial charge in [-0.05, 0) is 130 Å². The van der Waals surface area contributed by atoms with E-state index in [0.29, 0.717) is 0 Å². The van der Waals surface area contributed by atoms with E-state index in [1.54, 1.807) is 0 Å². The van der Waals surface area contributed by atoms with Crippen LogP contribution < -0.4 is 0 Å². The smallest absolute Gasteiger partial charge is 0.135 e. The third-order valence-electron chi connectivity index (χ3n) is 13.3. The number of rotatable bonds is 5. The van der Waals surface area contributed by atoms with Gasteiger partial charge in [0.2, 0.25) is 0 Å². The maximum absolute atomic E-state index is 6.51. The summed E-state index contributed by atoms with van der Waals surface area (Å²) in [6.07, 6.45) is 0. The Morgan fingerprint density at radius 2 is 0.641 bits per heavy atom. The van der Waals surface area contributed by atoms with Crippen LogP contribution >= 0.6 is 0 Å². The Balaban J connectivity index is 0.888. The van der Waals surface area contributed by atoms with E-state index in [9.17, 15) is 0 Å². The Bertz CT molecular complexity index is 4200. The molecule has 298 valence electrons. The van der Waals surface area contributed by atoms with Gasteiger partial charge in [0, 0.05) is 54.5 Å². The molecular formula is C60H36N2O2. The molecular weight excluding hydrogens is 781 g/mol. The zero-order valence-corrected chi connectivity index (χ0v) is 34.5. The lowest BCUT2D eigenvalue weighted by molar-refractivity contribution is 0.668. The van der Waals surface area contributed by atoms with Crippen LogP contribution in [0.2, 0.25) is 0 Å². The molecule has 4 heterocycles. The van der Waals surface area contributed by atoms with Gasteiger partial charge in [-0.15, -0.1) is 0 Å². The standard InChI is InChI=1S/C60H36N2O2/c1-2-12-41(13-3-1)61-53-19-9-6-16-45(53)48-32-37(22-27-55(48)61)38-24-29-59-51(33-38)52-36-42(26-31-60(52)64-59)62-54-20-10-7-17-46(54)49-34-39(23-28-56(49)62)43-14-4-5-15-44(43)40-25-30-58-50(35-40)47-18-8-11-21-57(47)63-58/h1-36H. The molecule has 0 aliphatic carbocycles. The van der Waals surface area contributed by atoms with Gasteiger partial charge in [-0.1, -0.05) is 121 Å². The zero-order chi connectivity index (χ0) is 41.9. The van der Waals surface area contributed by atoms with Crippen LogP contribution in [0.15, 0.2) is 227 Å². The molecule has 14 aromatic rings. The second-order valence-electron chi connectivity index (χ2n) is 16.9. The van der Waals surface area contributed by atoms with E-state index in [1.165, 1.54) is 54.8 Å². The topological polar surface area (TPSA) is 36.1 Å². The molecule has 0 spiro atoms. The van der Waals surface area contributed by atoms with E-state index >= 15 is 0 Å². The van der Waals surface area contributed by atoms with Crippen LogP contribution in [0.5, 0.6) is 0 Å². The highest BCUT2D eigenvalue weighted by Crippen LogP contribution is 2.42. The van der Waals surface area contributed by atoms with E-state index in [0.717, 1.165) is 77.4 Å². The number of para-hydroxylation sites is 4. The second-order valence-corrected chi connectivity index (χ2v) is 16.9. The molecule has 0 saturated carbocycles. The number of nitrogens with zero attached hydrogens (tertiary/aromatic N) is 2. The van der Waals surface area contributed by atoms with E-state index in [1.807, 2.05) is 12.1 Å². The molecule has 0 unspecified atom stereocenters. The minimum atomic E-state index is 0.874. The van der Waals surface area contributed by atoms with Crippen molar-refractivity contribution in [2.75, 3.05) is 0 Å². The van der Waals surface area contributed by atoms with Crippen LogP contribution in [0, 0.1) is 0 Å². The maximum Gasteiger partial charge on any atom is 0.135 e. The van der Waals surface area contributed by atoms with Crippen LogP contribution in [0.1, 0.15) is 0 Å². The van der Waals surface area contributed by atoms with Gasteiger partial charge in [0.25, 0.3) is 0 Å². The van der Waals surface area contributed by atoms with Crippen LogP contribution in [0.25, 0.3) is 132 Å². The zero-order valence-electron chi connectivity index (χ0n) is 34.5. The second kappa shape index (κ2) is 13.4. The monoisotopic (exact) mass is 816 g/mol. The molecule has 64 heavy (non-hydrogen) atoms. The fourth-order valence-electron chi connectivity index (χ4n) is 10.4. The minimum absolute atomic E-state index is 0.874. The van der Waals surface area contributed by atoms with Gasteiger partial charge in [-0.25, -0.2) is 0 Å². The molecule has 0 saturated heterocycles. The average molecular weight is 817 g/mol. The first-order valence-electron chi connectivity index (χ1n) is 21.8. The summed E-state index contributed by atoms with van der Waals surface area (Å²) in [7, 11) is 0. The van der Waals surface area contributed by atoms with Gasteiger partial charge in [0.1, 0.15) is 22.3 Å². The highest BCUT2D eigenvalue weighted by molar-refractivity contribution is 6.14. The Morgan fingerprint density at radius 3 is 1.31 bits per heavy atom. The number of hydrogen-bond donors (Lipinski definition) is 0. The van der Waals surface area contributed by atoms with Crippen LogP contribution in [-0.2, 0) is 0 Å². The molecule has 0 radical (unpaired) electrons. The van der Waals surface area contributed by atoms with E-state index in [4.69, 9.17) is 8.83 Å². The molecule has 0 N–H and O–H groups in total. The number of fused-ring (bicyclic) bond motifs is 12. The van der Waals surface area contributed by atoms with Crippen molar-refractivity contribution in [1.29, 1.82) is 0 Å². The molecule has 0 amide bonds. The predicted octanol–water partition coefficient (Wildman–Crippen LogP) is 16.7. The summed E-state index contributed by atoms with van der Waals surface area (Å²) in [6, 6.07) is 78.6. The van der Waals surface area contributed by atoms with Crippen molar-refractivity contribution in [3.8, 4) is 44.8 Å². The third kappa shape index (κ3) is 5.17. The third-order valence-corrected chi connectivity index (χ3v) is 13.3. The molecule has 4 aromatic heterocycles. The first kappa shape index (κ1) is 35.0. The first-order valence-corrected chi connectivity index (χ1v) is 21.8. The highest BCUT2D eigenvalue weighted by Gasteiger charge is 2.19. The number of hydrogen-bond acceptors (Lipinski definition) is 2. The van der Waals surface area contributed by atoms with Gasteiger partial charge >= 0.3 is 0 Å². The molecule has 4 heteroatoms. The Morgan fingerprint density at radius 1 is 0.234 bits per heavy atom. The van der Waals surface area contributed by atoms with Gasteiger partial charge in [0.05, 0.1) is 22.1 Å². The fourth-order valence-corrected chi connectivity index (χ4v) is 10.4. The molecule has 0 aliphatic heterocycles. The summed E-state index contributed by atoms with van der Waals surface area (Å²) in [5.41, 5.74) is 17.6. The Hall–Kier alpha value is -8.60. The number of furan rings is 2. The van der Waals surface area contributed by atoms with Crippen molar-refractivity contribution in [2.24, 2.45) is 0 Å². The van der Waals surface area contributed by atoms with Crippen LogP contribution in [-0.4, -0.2) is 9.13 Å². The quantitative estimate of drug-likeness (QED) is 0.173. The summed E-state index contributed by atoms with van der Waals surface area (Å²) >= 11 is 0. The van der Waals surface area contributed by atoms with Gasteiger partial charge in [0.15, 0.2) is 0 Å². The normalized spacial score (nSPS) is 12.1. The maximum atomic E-state index is 6.51. The molecule has 0 bridgehead atoms.